The van der Waals surface area contributed by atoms with Gasteiger partial charge in [0.05, 0.1) is 23.9 Å². The van der Waals surface area contributed by atoms with Gasteiger partial charge in [0.1, 0.15) is 17.0 Å². The molecule has 134 valence electrons. The first-order valence-electron chi connectivity index (χ1n) is 8.02. The van der Waals surface area contributed by atoms with E-state index in [1.807, 2.05) is 38.1 Å². The molecule has 0 saturated carbocycles. The van der Waals surface area contributed by atoms with E-state index in [1.165, 1.54) is 23.7 Å². The lowest BCUT2D eigenvalue weighted by Crippen LogP contribution is -2.23. The molecule has 1 amide bonds. The van der Waals surface area contributed by atoms with Crippen LogP contribution in [0.2, 0.25) is 5.02 Å². The van der Waals surface area contributed by atoms with Crippen LogP contribution in [0.3, 0.4) is 0 Å². The summed E-state index contributed by atoms with van der Waals surface area (Å²) in [7, 11) is 0. The number of benzene rings is 1. The summed E-state index contributed by atoms with van der Waals surface area (Å²) in [6.45, 7) is 4.60. The Hall–Kier alpha value is -2.51. The van der Waals surface area contributed by atoms with Crippen molar-refractivity contribution in [2.45, 2.75) is 20.4 Å². The van der Waals surface area contributed by atoms with E-state index >= 15 is 0 Å². The van der Waals surface area contributed by atoms with Gasteiger partial charge in [-0.2, -0.15) is 0 Å². The highest BCUT2D eigenvalue weighted by Gasteiger charge is 2.14. The van der Waals surface area contributed by atoms with Gasteiger partial charge in [-0.1, -0.05) is 29.8 Å². The van der Waals surface area contributed by atoms with Crippen LogP contribution in [0, 0.1) is 6.92 Å². The average Bonchev–Trinajstić information content (AvgIpc) is 3.01. The first-order chi connectivity index (χ1) is 12.6. The molecule has 0 unspecified atom stereocenters. The van der Waals surface area contributed by atoms with Gasteiger partial charge < -0.3 is 10.1 Å². The number of hydrogen-bond donors (Lipinski definition) is 1. The molecule has 6 nitrogen and oxygen atoms in total. The summed E-state index contributed by atoms with van der Waals surface area (Å²) >= 11 is 7.75. The van der Waals surface area contributed by atoms with Gasteiger partial charge >= 0.3 is 0 Å². The molecule has 2 heterocycles. The SMILES string of the molecule is CCOc1cc(C(=O)NCc2sc(-c3ccccc3Cl)nc2C)ncn1. The fraction of sp³-hybridized carbons (Fsp3) is 0.222. The van der Waals surface area contributed by atoms with Gasteiger partial charge in [0.15, 0.2) is 0 Å². The number of thiazole rings is 1. The molecule has 3 aromatic rings. The molecule has 0 aliphatic heterocycles. The number of nitrogens with zero attached hydrogens (tertiary/aromatic N) is 3. The van der Waals surface area contributed by atoms with Crippen LogP contribution in [0.5, 0.6) is 5.88 Å². The molecule has 1 N–H and O–H groups in total. The molecule has 0 radical (unpaired) electrons. The second kappa shape index (κ2) is 8.25. The lowest BCUT2D eigenvalue weighted by Gasteiger charge is -2.05. The minimum absolute atomic E-state index is 0.261. The second-order valence-corrected chi connectivity index (χ2v) is 6.86. The molecule has 0 aliphatic carbocycles. The van der Waals surface area contributed by atoms with Crippen LogP contribution in [-0.4, -0.2) is 27.5 Å². The maximum absolute atomic E-state index is 12.3. The van der Waals surface area contributed by atoms with Crippen molar-refractivity contribution in [2.24, 2.45) is 0 Å². The smallest absolute Gasteiger partial charge is 0.270 e. The minimum atomic E-state index is -0.291. The number of halogens is 1. The standard InChI is InChI=1S/C18H17ClN4O2S/c1-3-25-16-8-14(21-10-22-16)17(24)20-9-15-11(2)23-18(26-15)12-6-4-5-7-13(12)19/h4-8,10H,3,9H2,1-2H3,(H,20,24). The van der Waals surface area contributed by atoms with Crippen LogP contribution >= 0.6 is 22.9 Å². The first kappa shape index (κ1) is 18.3. The summed E-state index contributed by atoms with van der Waals surface area (Å²) in [5.41, 5.74) is 2.01. The highest BCUT2D eigenvalue weighted by molar-refractivity contribution is 7.15. The Labute approximate surface area is 160 Å². The zero-order valence-corrected chi connectivity index (χ0v) is 15.9. The molecule has 2 aromatic heterocycles. The molecule has 0 saturated heterocycles. The average molecular weight is 389 g/mol. The van der Waals surface area contributed by atoms with E-state index in [9.17, 15) is 4.79 Å². The summed E-state index contributed by atoms with van der Waals surface area (Å²) in [4.78, 5) is 25.8. The van der Waals surface area contributed by atoms with Crippen LogP contribution in [-0.2, 0) is 6.54 Å². The predicted octanol–water partition coefficient (Wildman–Crippen LogP) is 3.89. The zero-order valence-electron chi connectivity index (χ0n) is 14.3. The van der Waals surface area contributed by atoms with E-state index < -0.39 is 0 Å². The van der Waals surface area contributed by atoms with Gasteiger partial charge in [-0.25, -0.2) is 15.0 Å². The quantitative estimate of drug-likeness (QED) is 0.693. The first-order valence-corrected chi connectivity index (χ1v) is 9.22. The number of aryl methyl sites for hydroxylation is 1. The lowest BCUT2D eigenvalue weighted by atomic mass is 10.2. The van der Waals surface area contributed by atoms with E-state index in [4.69, 9.17) is 16.3 Å². The normalized spacial score (nSPS) is 10.6. The Kier molecular flexibility index (Phi) is 5.80. The van der Waals surface area contributed by atoms with E-state index in [2.05, 4.69) is 20.3 Å². The Morgan fingerprint density at radius 1 is 1.31 bits per heavy atom. The second-order valence-electron chi connectivity index (χ2n) is 5.36. The molecular formula is C18H17ClN4O2S. The zero-order chi connectivity index (χ0) is 18.5. The van der Waals surface area contributed by atoms with Gasteiger partial charge in [-0.3, -0.25) is 4.79 Å². The van der Waals surface area contributed by atoms with Gasteiger partial charge in [0.2, 0.25) is 5.88 Å². The summed E-state index contributed by atoms with van der Waals surface area (Å²) < 4.78 is 5.29. The lowest BCUT2D eigenvalue weighted by molar-refractivity contribution is 0.0945. The van der Waals surface area contributed by atoms with E-state index in [1.54, 1.807) is 0 Å². The highest BCUT2D eigenvalue weighted by atomic mass is 35.5. The van der Waals surface area contributed by atoms with Crippen LogP contribution in [0.25, 0.3) is 10.6 Å². The Bertz CT molecular complexity index is 929. The van der Waals surface area contributed by atoms with Crippen molar-refractivity contribution in [2.75, 3.05) is 6.61 Å². The molecule has 8 heteroatoms. The third-order valence-electron chi connectivity index (χ3n) is 3.57. The summed E-state index contributed by atoms with van der Waals surface area (Å²) in [5.74, 6) is 0.0862. The molecule has 1 aromatic carbocycles. The van der Waals surface area contributed by atoms with Crippen LogP contribution in [0.4, 0.5) is 0 Å². The number of aromatic nitrogens is 3. The van der Waals surface area contributed by atoms with Crippen LogP contribution < -0.4 is 10.1 Å². The van der Waals surface area contributed by atoms with Crippen molar-refractivity contribution in [1.29, 1.82) is 0 Å². The summed E-state index contributed by atoms with van der Waals surface area (Å²) in [5, 5.41) is 4.34. The third-order valence-corrected chi connectivity index (χ3v) is 5.09. The maximum Gasteiger partial charge on any atom is 0.270 e. The van der Waals surface area contributed by atoms with Crippen molar-refractivity contribution in [1.82, 2.24) is 20.3 Å². The highest BCUT2D eigenvalue weighted by Crippen LogP contribution is 2.32. The molecular weight excluding hydrogens is 372 g/mol. The molecule has 0 spiro atoms. The van der Waals surface area contributed by atoms with E-state index in [0.29, 0.717) is 24.1 Å². The number of ether oxygens (including phenoxy) is 1. The Morgan fingerprint density at radius 3 is 2.88 bits per heavy atom. The molecule has 0 atom stereocenters. The molecule has 0 fully saturated rings. The molecule has 0 aliphatic rings. The van der Waals surface area contributed by atoms with Crippen molar-refractivity contribution in [3.8, 4) is 16.5 Å². The van der Waals surface area contributed by atoms with Crippen LogP contribution in [0.1, 0.15) is 28.0 Å². The largest absolute Gasteiger partial charge is 0.478 e. The number of rotatable bonds is 6. The minimum Gasteiger partial charge on any atom is -0.478 e. The molecule has 3 rings (SSSR count). The summed E-state index contributed by atoms with van der Waals surface area (Å²) in [6.07, 6.45) is 1.31. The fourth-order valence-electron chi connectivity index (χ4n) is 2.28. The number of nitrogens with one attached hydrogen (secondary N) is 1. The topological polar surface area (TPSA) is 77.0 Å². The van der Waals surface area contributed by atoms with Gasteiger partial charge in [-0.05, 0) is 19.9 Å². The van der Waals surface area contributed by atoms with Gasteiger partial charge in [-0.15, -0.1) is 11.3 Å². The third kappa shape index (κ3) is 4.17. The van der Waals surface area contributed by atoms with E-state index in [-0.39, 0.29) is 11.6 Å². The van der Waals surface area contributed by atoms with E-state index in [0.717, 1.165) is 21.1 Å². The van der Waals surface area contributed by atoms with Gasteiger partial charge in [0.25, 0.3) is 5.91 Å². The number of carbonyl (C=O) groups is 1. The molecule has 0 bridgehead atoms. The Balaban J connectivity index is 1.71. The fourth-order valence-corrected chi connectivity index (χ4v) is 3.61. The number of carbonyl (C=O) groups excluding carboxylic acids is 1. The van der Waals surface area contributed by atoms with Crippen LogP contribution in [0.15, 0.2) is 36.7 Å². The number of hydrogen-bond acceptors (Lipinski definition) is 6. The monoisotopic (exact) mass is 388 g/mol. The van der Waals surface area contributed by atoms with Crippen molar-refractivity contribution in [3.63, 3.8) is 0 Å². The van der Waals surface area contributed by atoms with Crippen molar-refractivity contribution < 1.29 is 9.53 Å². The molecule has 26 heavy (non-hydrogen) atoms. The van der Waals surface area contributed by atoms with Crippen molar-refractivity contribution >= 4 is 28.8 Å². The number of amides is 1. The van der Waals surface area contributed by atoms with Crippen molar-refractivity contribution in [3.05, 3.63) is 57.9 Å². The Morgan fingerprint density at radius 2 is 2.12 bits per heavy atom. The van der Waals surface area contributed by atoms with Gasteiger partial charge in [0, 0.05) is 16.5 Å². The predicted molar refractivity (Wildman–Crippen MR) is 102 cm³/mol. The summed E-state index contributed by atoms with van der Waals surface area (Å²) in [6, 6.07) is 9.09. The maximum atomic E-state index is 12.3.